The Hall–Kier alpha value is -6.65. The molecule has 4 nitrogen and oxygen atoms in total. The molecule has 0 bridgehead atoms. The minimum atomic E-state index is -1.33. The Morgan fingerprint density at radius 2 is 0.889 bits per heavy atom. The van der Waals surface area contributed by atoms with Gasteiger partial charge in [-0.2, -0.15) is 0 Å². The van der Waals surface area contributed by atoms with Crippen LogP contribution in [0.1, 0.15) is 64.5 Å². The van der Waals surface area contributed by atoms with Crippen LogP contribution in [0.15, 0.2) is 164 Å². The molecule has 54 heavy (non-hydrogen) atoms. The third-order valence-electron chi connectivity index (χ3n) is 11.3. The molecule has 0 fully saturated rings. The van der Waals surface area contributed by atoms with E-state index in [2.05, 4.69) is 0 Å². The van der Waals surface area contributed by atoms with Crippen LogP contribution in [0.3, 0.4) is 0 Å². The Kier molecular flexibility index (Phi) is 8.54. The molecule has 0 amide bonds. The van der Waals surface area contributed by atoms with Crippen molar-refractivity contribution in [3.05, 3.63) is 203 Å². The van der Waals surface area contributed by atoms with Gasteiger partial charge >= 0.3 is 0 Å². The SMILES string of the molecule is C/C=C\c1ccccc1C(=O)C(C)(c1ccc(C(C)(c2c(O)ccc3ccccc23)c2c(O)ccc3ccccc23)cc1)c1c(O)ccc2ccccc12. The third kappa shape index (κ3) is 5.33. The van der Waals surface area contributed by atoms with Crippen molar-refractivity contribution in [1.82, 2.24) is 0 Å². The van der Waals surface area contributed by atoms with Crippen molar-refractivity contribution >= 4 is 44.2 Å². The molecule has 264 valence electrons. The van der Waals surface area contributed by atoms with Gasteiger partial charge in [0.05, 0.1) is 10.8 Å². The number of Topliss-reactive ketones (excluding diaryl/α,β-unsaturated/α-hetero) is 1. The summed E-state index contributed by atoms with van der Waals surface area (Å²) >= 11 is 0. The molecule has 0 aliphatic heterocycles. The summed E-state index contributed by atoms with van der Waals surface area (Å²) in [6, 6.07) is 49.9. The summed E-state index contributed by atoms with van der Waals surface area (Å²) < 4.78 is 0. The number of hydrogen-bond donors (Lipinski definition) is 3. The van der Waals surface area contributed by atoms with Crippen molar-refractivity contribution in [1.29, 1.82) is 0 Å². The van der Waals surface area contributed by atoms with Gasteiger partial charge in [-0.3, -0.25) is 4.79 Å². The largest absolute Gasteiger partial charge is 0.508 e. The first-order valence-corrected chi connectivity index (χ1v) is 18.2. The molecule has 4 heteroatoms. The van der Waals surface area contributed by atoms with E-state index in [0.29, 0.717) is 27.8 Å². The fourth-order valence-corrected chi connectivity index (χ4v) is 8.59. The molecule has 0 heterocycles. The van der Waals surface area contributed by atoms with Gasteiger partial charge < -0.3 is 15.3 Å². The van der Waals surface area contributed by atoms with Gasteiger partial charge in [0.25, 0.3) is 0 Å². The van der Waals surface area contributed by atoms with Crippen LogP contribution in [0.2, 0.25) is 0 Å². The van der Waals surface area contributed by atoms with E-state index in [-0.39, 0.29) is 23.0 Å². The second kappa shape index (κ2) is 13.4. The van der Waals surface area contributed by atoms with Gasteiger partial charge in [-0.05, 0) is 88.0 Å². The number of allylic oxidation sites excluding steroid dienone is 1. The minimum Gasteiger partial charge on any atom is -0.508 e. The average Bonchev–Trinajstić information content (AvgIpc) is 3.20. The van der Waals surface area contributed by atoms with Crippen LogP contribution in [-0.4, -0.2) is 21.1 Å². The van der Waals surface area contributed by atoms with Crippen LogP contribution < -0.4 is 0 Å². The molecule has 8 rings (SSSR count). The van der Waals surface area contributed by atoms with E-state index in [4.69, 9.17) is 0 Å². The first-order chi connectivity index (χ1) is 26.2. The Morgan fingerprint density at radius 3 is 1.39 bits per heavy atom. The highest BCUT2D eigenvalue weighted by Gasteiger charge is 2.43. The first kappa shape index (κ1) is 34.4. The van der Waals surface area contributed by atoms with Crippen LogP contribution in [0.25, 0.3) is 38.4 Å². The average molecular weight is 705 g/mol. The third-order valence-corrected chi connectivity index (χ3v) is 11.3. The monoisotopic (exact) mass is 704 g/mol. The van der Waals surface area contributed by atoms with E-state index in [1.54, 1.807) is 18.2 Å². The number of rotatable bonds is 8. The quantitative estimate of drug-likeness (QED) is 0.109. The van der Waals surface area contributed by atoms with Crippen LogP contribution >= 0.6 is 0 Å². The predicted molar refractivity (Wildman–Crippen MR) is 221 cm³/mol. The Bertz CT molecular complexity index is 2670. The molecule has 0 saturated carbocycles. The van der Waals surface area contributed by atoms with E-state index in [1.807, 2.05) is 172 Å². The lowest BCUT2D eigenvalue weighted by Crippen LogP contribution is -2.35. The van der Waals surface area contributed by atoms with Crippen LogP contribution in [0.5, 0.6) is 17.2 Å². The van der Waals surface area contributed by atoms with Gasteiger partial charge in [-0.1, -0.05) is 152 Å². The molecule has 0 radical (unpaired) electrons. The Morgan fingerprint density at radius 1 is 0.481 bits per heavy atom. The maximum atomic E-state index is 15.3. The van der Waals surface area contributed by atoms with Crippen molar-refractivity contribution in [2.24, 2.45) is 0 Å². The van der Waals surface area contributed by atoms with Gasteiger partial charge in [0, 0.05) is 22.3 Å². The maximum absolute atomic E-state index is 15.3. The van der Waals surface area contributed by atoms with E-state index in [0.717, 1.165) is 43.4 Å². The predicted octanol–water partition coefficient (Wildman–Crippen LogP) is 11.8. The van der Waals surface area contributed by atoms with Gasteiger partial charge in [-0.25, -0.2) is 0 Å². The molecule has 0 spiro atoms. The highest BCUT2D eigenvalue weighted by atomic mass is 16.3. The second-order valence-electron chi connectivity index (χ2n) is 14.3. The number of fused-ring (bicyclic) bond motifs is 3. The van der Waals surface area contributed by atoms with E-state index in [9.17, 15) is 15.3 Å². The normalized spacial score (nSPS) is 13.1. The number of benzene rings is 8. The molecule has 0 aliphatic carbocycles. The molecular weight excluding hydrogens is 665 g/mol. The lowest BCUT2D eigenvalue weighted by molar-refractivity contribution is 0.0921. The number of hydrogen-bond acceptors (Lipinski definition) is 4. The van der Waals surface area contributed by atoms with Crippen molar-refractivity contribution < 1.29 is 20.1 Å². The molecule has 0 aromatic heterocycles. The fraction of sp³-hybridized carbons (Fsp3) is 0.100. The highest BCUT2D eigenvalue weighted by Crippen LogP contribution is 2.52. The standard InChI is InChI=1S/C50H40O4/c1-4-13-32-14-8-12-21-41(32)48(54)50(3,47-40-20-11-7-17-35(40)24-31-44(47)53)37-27-25-36(26-28-37)49(2,45-38-18-9-5-15-33(38)22-29-42(45)51)46-39-19-10-6-16-34(39)23-30-43(46)52/h4-31,51-53H,1-3H3/b13-4-. The lowest BCUT2D eigenvalue weighted by atomic mass is 9.65. The van der Waals surface area contributed by atoms with E-state index in [1.165, 1.54) is 0 Å². The van der Waals surface area contributed by atoms with Crippen molar-refractivity contribution in [2.45, 2.75) is 31.6 Å². The van der Waals surface area contributed by atoms with Gasteiger partial charge in [0.15, 0.2) is 5.78 Å². The zero-order valence-electron chi connectivity index (χ0n) is 30.4. The Labute approximate surface area is 314 Å². The molecule has 8 aromatic rings. The van der Waals surface area contributed by atoms with Crippen LogP contribution in [0.4, 0.5) is 0 Å². The summed E-state index contributed by atoms with van der Waals surface area (Å²) in [5.74, 6) is 0.0860. The summed E-state index contributed by atoms with van der Waals surface area (Å²) in [4.78, 5) is 15.3. The number of phenols is 3. The molecule has 1 unspecified atom stereocenters. The summed E-state index contributed by atoms with van der Waals surface area (Å²) in [5.41, 5.74) is 2.25. The summed E-state index contributed by atoms with van der Waals surface area (Å²) in [5, 5.41) is 40.6. The van der Waals surface area contributed by atoms with Crippen molar-refractivity contribution in [3.63, 3.8) is 0 Å². The van der Waals surface area contributed by atoms with E-state index >= 15 is 4.79 Å². The smallest absolute Gasteiger partial charge is 0.178 e. The van der Waals surface area contributed by atoms with Crippen LogP contribution in [-0.2, 0) is 10.8 Å². The summed E-state index contributed by atoms with van der Waals surface area (Å²) in [7, 11) is 0. The lowest BCUT2D eigenvalue weighted by Gasteiger charge is -2.36. The molecule has 0 aliphatic rings. The van der Waals surface area contributed by atoms with Crippen LogP contribution in [0, 0.1) is 0 Å². The maximum Gasteiger partial charge on any atom is 0.178 e. The molecule has 8 aromatic carbocycles. The van der Waals surface area contributed by atoms with Crippen molar-refractivity contribution in [2.75, 3.05) is 0 Å². The number of carbonyl (C=O) groups is 1. The summed E-state index contributed by atoms with van der Waals surface area (Å²) in [6.07, 6.45) is 3.85. The number of ketones is 1. The number of carbonyl (C=O) groups excluding carboxylic acids is 1. The molecular formula is C50H40O4. The van der Waals surface area contributed by atoms with Crippen molar-refractivity contribution in [3.8, 4) is 17.2 Å². The van der Waals surface area contributed by atoms with Gasteiger partial charge in [-0.15, -0.1) is 0 Å². The first-order valence-electron chi connectivity index (χ1n) is 18.2. The Balaban J connectivity index is 1.42. The fourth-order valence-electron chi connectivity index (χ4n) is 8.59. The highest BCUT2D eigenvalue weighted by molar-refractivity contribution is 6.11. The zero-order valence-corrected chi connectivity index (χ0v) is 30.4. The number of aromatic hydroxyl groups is 3. The van der Waals surface area contributed by atoms with Gasteiger partial charge in [0.2, 0.25) is 0 Å². The molecule has 1 atom stereocenters. The number of phenolic OH excluding ortho intramolecular Hbond substituents is 3. The summed E-state index contributed by atoms with van der Waals surface area (Å²) in [6.45, 7) is 5.86. The minimum absolute atomic E-state index is 0.0309. The second-order valence-corrected chi connectivity index (χ2v) is 14.3. The van der Waals surface area contributed by atoms with Gasteiger partial charge in [0.1, 0.15) is 17.2 Å². The van der Waals surface area contributed by atoms with E-state index < -0.39 is 10.8 Å². The zero-order chi connectivity index (χ0) is 37.6. The molecule has 0 saturated heterocycles. The topological polar surface area (TPSA) is 77.8 Å². The molecule has 3 N–H and O–H groups in total.